The van der Waals surface area contributed by atoms with E-state index in [0.29, 0.717) is 11.7 Å². The van der Waals surface area contributed by atoms with Crippen molar-refractivity contribution < 1.29 is 8.78 Å². The SMILES string of the molecule is CC(C)c1cccnc1N1CC(F)(F)C1. The summed E-state index contributed by atoms with van der Waals surface area (Å²) in [5.74, 6) is -1.52. The molecule has 0 bridgehead atoms. The molecule has 0 amide bonds. The summed E-state index contributed by atoms with van der Waals surface area (Å²) < 4.78 is 25.5. The van der Waals surface area contributed by atoms with Gasteiger partial charge in [-0.3, -0.25) is 0 Å². The predicted octanol–water partition coefficient (Wildman–Crippen LogP) is 2.66. The van der Waals surface area contributed by atoms with Crippen molar-refractivity contribution in [1.82, 2.24) is 4.98 Å². The number of halogens is 2. The van der Waals surface area contributed by atoms with Crippen molar-refractivity contribution in [1.29, 1.82) is 0 Å². The number of nitrogens with zero attached hydrogens (tertiary/aromatic N) is 2. The normalized spacial score (nSPS) is 19.1. The van der Waals surface area contributed by atoms with Gasteiger partial charge in [0.15, 0.2) is 0 Å². The average molecular weight is 212 g/mol. The Balaban J connectivity index is 2.22. The van der Waals surface area contributed by atoms with Gasteiger partial charge in [0.2, 0.25) is 0 Å². The predicted molar refractivity (Wildman–Crippen MR) is 55.5 cm³/mol. The molecule has 0 unspecified atom stereocenters. The van der Waals surface area contributed by atoms with Crippen LogP contribution in [0.1, 0.15) is 25.3 Å². The van der Waals surface area contributed by atoms with E-state index in [4.69, 9.17) is 0 Å². The van der Waals surface area contributed by atoms with Gasteiger partial charge >= 0.3 is 0 Å². The fourth-order valence-corrected chi connectivity index (χ4v) is 1.79. The van der Waals surface area contributed by atoms with Crippen LogP contribution in [0.4, 0.5) is 14.6 Å². The Hall–Kier alpha value is -1.19. The number of hydrogen-bond donors (Lipinski definition) is 0. The molecule has 15 heavy (non-hydrogen) atoms. The van der Waals surface area contributed by atoms with Gasteiger partial charge in [0, 0.05) is 6.20 Å². The molecule has 2 rings (SSSR count). The van der Waals surface area contributed by atoms with E-state index in [-0.39, 0.29) is 13.1 Å². The van der Waals surface area contributed by atoms with Crippen LogP contribution in [0, 0.1) is 0 Å². The maximum absolute atomic E-state index is 12.7. The molecule has 2 nitrogen and oxygen atoms in total. The van der Waals surface area contributed by atoms with Crippen LogP contribution in [-0.4, -0.2) is 24.0 Å². The molecule has 1 aliphatic heterocycles. The maximum Gasteiger partial charge on any atom is 0.282 e. The van der Waals surface area contributed by atoms with Crippen molar-refractivity contribution in [2.45, 2.75) is 25.7 Å². The number of alkyl halides is 2. The molecule has 1 aromatic heterocycles. The van der Waals surface area contributed by atoms with E-state index in [2.05, 4.69) is 4.98 Å². The van der Waals surface area contributed by atoms with E-state index in [1.807, 2.05) is 26.0 Å². The third-order valence-electron chi connectivity index (χ3n) is 2.58. The first-order valence-electron chi connectivity index (χ1n) is 5.07. The highest BCUT2D eigenvalue weighted by atomic mass is 19.3. The summed E-state index contributed by atoms with van der Waals surface area (Å²) in [5.41, 5.74) is 1.04. The van der Waals surface area contributed by atoms with Crippen molar-refractivity contribution in [3.8, 4) is 0 Å². The molecule has 4 heteroatoms. The van der Waals surface area contributed by atoms with E-state index >= 15 is 0 Å². The number of aromatic nitrogens is 1. The molecule has 0 aliphatic carbocycles. The minimum absolute atomic E-state index is 0.205. The molecular weight excluding hydrogens is 198 g/mol. The number of hydrogen-bond acceptors (Lipinski definition) is 2. The second-order valence-corrected chi connectivity index (χ2v) is 4.28. The van der Waals surface area contributed by atoms with Crippen LogP contribution in [-0.2, 0) is 0 Å². The molecule has 0 aromatic carbocycles. The summed E-state index contributed by atoms with van der Waals surface area (Å²) in [5, 5.41) is 0. The van der Waals surface area contributed by atoms with E-state index in [1.54, 1.807) is 11.1 Å². The van der Waals surface area contributed by atoms with Gasteiger partial charge in [-0.2, -0.15) is 0 Å². The Morgan fingerprint density at radius 2 is 2.07 bits per heavy atom. The Bertz CT molecular complexity index is 355. The van der Waals surface area contributed by atoms with Gasteiger partial charge in [-0.15, -0.1) is 0 Å². The van der Waals surface area contributed by atoms with Gasteiger partial charge in [0.1, 0.15) is 5.82 Å². The van der Waals surface area contributed by atoms with Gasteiger partial charge < -0.3 is 4.90 Å². The molecule has 0 atom stereocenters. The second kappa shape index (κ2) is 3.43. The summed E-state index contributed by atoms with van der Waals surface area (Å²) >= 11 is 0. The largest absolute Gasteiger partial charge is 0.344 e. The lowest BCUT2D eigenvalue weighted by molar-refractivity contribution is -0.0268. The topological polar surface area (TPSA) is 16.1 Å². The summed E-state index contributed by atoms with van der Waals surface area (Å²) in [4.78, 5) is 5.81. The molecule has 1 aliphatic rings. The van der Waals surface area contributed by atoms with Crippen molar-refractivity contribution >= 4 is 5.82 Å². The zero-order valence-corrected chi connectivity index (χ0v) is 8.87. The molecule has 2 heterocycles. The van der Waals surface area contributed by atoms with Gasteiger partial charge in [-0.1, -0.05) is 19.9 Å². The van der Waals surface area contributed by atoms with Crippen molar-refractivity contribution in [3.63, 3.8) is 0 Å². The second-order valence-electron chi connectivity index (χ2n) is 4.28. The van der Waals surface area contributed by atoms with Crippen molar-refractivity contribution in [3.05, 3.63) is 23.9 Å². The first-order valence-corrected chi connectivity index (χ1v) is 5.07. The molecule has 0 N–H and O–H groups in total. The lowest BCUT2D eigenvalue weighted by atomic mass is 10.0. The molecular formula is C11H14F2N2. The quantitative estimate of drug-likeness (QED) is 0.749. The van der Waals surface area contributed by atoms with Gasteiger partial charge in [-0.25, -0.2) is 13.8 Å². The third kappa shape index (κ3) is 1.94. The minimum atomic E-state index is -2.54. The number of anilines is 1. The molecule has 1 aromatic rings. The summed E-state index contributed by atoms with van der Waals surface area (Å²) in [6.45, 7) is 3.67. The van der Waals surface area contributed by atoms with E-state index in [0.717, 1.165) is 5.56 Å². The monoisotopic (exact) mass is 212 g/mol. The lowest BCUT2D eigenvalue weighted by Crippen LogP contribution is -2.57. The van der Waals surface area contributed by atoms with Crippen LogP contribution in [0.2, 0.25) is 0 Å². The molecule has 0 spiro atoms. The van der Waals surface area contributed by atoms with Crippen LogP contribution in [0.25, 0.3) is 0 Å². The summed E-state index contributed by atoms with van der Waals surface area (Å²) in [7, 11) is 0. The molecule has 1 fully saturated rings. The Morgan fingerprint density at radius 3 is 2.60 bits per heavy atom. The Labute approximate surface area is 87.9 Å². The van der Waals surface area contributed by atoms with E-state index in [1.165, 1.54) is 0 Å². The van der Waals surface area contributed by atoms with Gasteiger partial charge in [0.25, 0.3) is 5.92 Å². The fourth-order valence-electron chi connectivity index (χ4n) is 1.79. The first kappa shape index (κ1) is 10.3. The smallest absolute Gasteiger partial charge is 0.282 e. The van der Waals surface area contributed by atoms with Crippen LogP contribution >= 0.6 is 0 Å². The first-order chi connectivity index (χ1) is 6.99. The zero-order valence-electron chi connectivity index (χ0n) is 8.87. The highest BCUT2D eigenvalue weighted by Gasteiger charge is 2.45. The van der Waals surface area contributed by atoms with E-state index in [9.17, 15) is 8.78 Å². The molecule has 0 radical (unpaired) electrons. The van der Waals surface area contributed by atoms with Gasteiger partial charge in [0.05, 0.1) is 13.1 Å². The van der Waals surface area contributed by atoms with Crippen molar-refractivity contribution in [2.75, 3.05) is 18.0 Å². The third-order valence-corrected chi connectivity index (χ3v) is 2.58. The van der Waals surface area contributed by atoms with Crippen LogP contribution in [0.5, 0.6) is 0 Å². The maximum atomic E-state index is 12.7. The van der Waals surface area contributed by atoms with Crippen LogP contribution in [0.3, 0.4) is 0 Å². The van der Waals surface area contributed by atoms with E-state index < -0.39 is 5.92 Å². The van der Waals surface area contributed by atoms with Crippen LogP contribution < -0.4 is 4.90 Å². The molecule has 82 valence electrons. The highest BCUT2D eigenvalue weighted by Crippen LogP contribution is 2.34. The van der Waals surface area contributed by atoms with Crippen molar-refractivity contribution in [2.24, 2.45) is 0 Å². The zero-order chi connectivity index (χ0) is 11.1. The minimum Gasteiger partial charge on any atom is -0.344 e. The lowest BCUT2D eigenvalue weighted by Gasteiger charge is -2.40. The summed E-state index contributed by atoms with van der Waals surface area (Å²) in [6, 6.07) is 3.79. The average Bonchev–Trinajstić information content (AvgIpc) is 2.14. The molecule has 0 saturated carbocycles. The summed E-state index contributed by atoms with van der Waals surface area (Å²) in [6.07, 6.45) is 1.65. The molecule has 1 saturated heterocycles. The standard InChI is InChI=1S/C11H14F2N2/c1-8(2)9-4-3-5-14-10(9)15-6-11(12,13)7-15/h3-5,8H,6-7H2,1-2H3. The highest BCUT2D eigenvalue weighted by molar-refractivity contribution is 5.51. The fraction of sp³-hybridized carbons (Fsp3) is 0.545. The van der Waals surface area contributed by atoms with Crippen LogP contribution in [0.15, 0.2) is 18.3 Å². The number of rotatable bonds is 2. The van der Waals surface area contributed by atoms with Gasteiger partial charge in [-0.05, 0) is 17.5 Å². The number of pyridine rings is 1. The Morgan fingerprint density at radius 1 is 1.40 bits per heavy atom. The Kier molecular flexibility index (Phi) is 2.37.